The Bertz CT molecular complexity index is 565. The highest BCUT2D eigenvalue weighted by Gasteiger charge is 2.27. The lowest BCUT2D eigenvalue weighted by Gasteiger charge is -2.28. The Morgan fingerprint density at radius 3 is 1.95 bits per heavy atom. The summed E-state index contributed by atoms with van der Waals surface area (Å²) in [5.74, 6) is 0.403. The molecule has 0 aromatic heterocycles. The van der Waals surface area contributed by atoms with E-state index in [2.05, 4.69) is 52.1 Å². The fourth-order valence-electron chi connectivity index (χ4n) is 2.16. The van der Waals surface area contributed by atoms with Crippen molar-refractivity contribution in [2.45, 2.75) is 59.3 Å². The van der Waals surface area contributed by atoms with Crippen molar-refractivity contribution in [3.8, 4) is 5.75 Å². The largest absolute Gasteiger partial charge is 0.527 e. The number of hydrogen-bond donors (Lipinski definition) is 1. The average molecular weight is 314 g/mol. The van der Waals surface area contributed by atoms with Crippen molar-refractivity contribution in [1.29, 1.82) is 0 Å². The van der Waals surface area contributed by atoms with E-state index in [0.717, 1.165) is 23.8 Å². The molecule has 4 nitrogen and oxygen atoms in total. The third-order valence-corrected chi connectivity index (χ3v) is 4.37. The van der Waals surface area contributed by atoms with E-state index in [1.54, 1.807) is 0 Å². The number of benzene rings is 1. The quantitative estimate of drug-likeness (QED) is 0.820. The van der Waals surface area contributed by atoms with Crippen LogP contribution in [0.5, 0.6) is 5.75 Å². The summed E-state index contributed by atoms with van der Waals surface area (Å²) in [5, 5.41) is 0. The lowest BCUT2D eigenvalue weighted by Crippen LogP contribution is -2.18. The molecule has 0 aliphatic rings. The molecule has 1 rings (SSSR count). The first-order valence-corrected chi connectivity index (χ1v) is 8.51. The molecule has 1 aromatic carbocycles. The van der Waals surface area contributed by atoms with Crippen LogP contribution in [0.15, 0.2) is 12.1 Å². The minimum atomic E-state index is -4.07. The Labute approximate surface area is 128 Å². The van der Waals surface area contributed by atoms with Crippen LogP contribution < -0.4 is 4.52 Å². The molecule has 0 saturated heterocycles. The van der Waals surface area contributed by atoms with Gasteiger partial charge in [0.2, 0.25) is 0 Å². The smallest absolute Gasteiger partial charge is 0.404 e. The van der Waals surface area contributed by atoms with Crippen LogP contribution in [0.2, 0.25) is 0 Å². The first-order valence-electron chi connectivity index (χ1n) is 7.01. The van der Waals surface area contributed by atoms with Gasteiger partial charge < -0.3 is 4.52 Å². The molecular formula is C16H27O4P. The average Bonchev–Trinajstić information content (AvgIpc) is 2.28. The number of rotatable bonds is 3. The summed E-state index contributed by atoms with van der Waals surface area (Å²) in [6, 6.07) is 3.98. The van der Waals surface area contributed by atoms with Crippen molar-refractivity contribution in [3.05, 3.63) is 28.8 Å². The van der Waals surface area contributed by atoms with Gasteiger partial charge in [0.05, 0.1) is 0 Å². The topological polar surface area (TPSA) is 55.8 Å². The van der Waals surface area contributed by atoms with E-state index >= 15 is 0 Å². The zero-order valence-electron chi connectivity index (χ0n) is 14.3. The van der Waals surface area contributed by atoms with Gasteiger partial charge in [-0.25, -0.2) is 4.57 Å². The number of hydrogen-bond acceptors (Lipinski definition) is 3. The Hall–Kier alpha value is -0.830. The molecule has 0 radical (unpaired) electrons. The van der Waals surface area contributed by atoms with Gasteiger partial charge in [-0.2, -0.15) is 0 Å². The van der Waals surface area contributed by atoms with E-state index in [4.69, 9.17) is 4.52 Å². The molecule has 0 aliphatic carbocycles. The van der Waals surface area contributed by atoms with Crippen LogP contribution in [0.3, 0.4) is 0 Å². The van der Waals surface area contributed by atoms with Gasteiger partial charge >= 0.3 is 7.82 Å². The highest BCUT2D eigenvalue weighted by atomic mass is 31.2. The molecule has 1 N–H and O–H groups in total. The first kappa shape index (κ1) is 18.2. The molecule has 5 heteroatoms. The Kier molecular flexibility index (Phi) is 4.99. The van der Waals surface area contributed by atoms with Crippen LogP contribution in [0.25, 0.3) is 0 Å². The Balaban J connectivity index is 3.53. The molecule has 1 unspecified atom stereocenters. The molecule has 1 aromatic rings. The van der Waals surface area contributed by atoms with Gasteiger partial charge in [-0.3, -0.25) is 9.42 Å². The third kappa shape index (κ3) is 4.57. The van der Waals surface area contributed by atoms with Crippen molar-refractivity contribution in [2.24, 2.45) is 0 Å². The molecule has 1 atom stereocenters. The molecule has 0 spiro atoms. The van der Waals surface area contributed by atoms with Crippen LogP contribution in [-0.4, -0.2) is 12.0 Å². The summed E-state index contributed by atoms with van der Waals surface area (Å²) >= 11 is 0. The maximum Gasteiger partial charge on any atom is 0.527 e. The van der Waals surface area contributed by atoms with E-state index in [-0.39, 0.29) is 10.8 Å². The maximum absolute atomic E-state index is 11.7. The second-order valence-corrected chi connectivity index (χ2v) is 8.87. The summed E-state index contributed by atoms with van der Waals surface area (Å²) in [5.41, 5.74) is 2.85. The molecule has 0 amide bonds. The van der Waals surface area contributed by atoms with Crippen LogP contribution in [0.4, 0.5) is 0 Å². The first-order chi connectivity index (χ1) is 9.28. The minimum absolute atomic E-state index is 0.0850. The highest BCUT2D eigenvalue weighted by Crippen LogP contribution is 2.46. The van der Waals surface area contributed by atoms with E-state index in [1.807, 2.05) is 13.0 Å². The van der Waals surface area contributed by atoms with Crippen LogP contribution >= 0.6 is 7.82 Å². The van der Waals surface area contributed by atoms with Crippen LogP contribution in [-0.2, 0) is 19.9 Å². The maximum atomic E-state index is 11.7. The molecule has 0 aliphatic heterocycles. The monoisotopic (exact) mass is 314 g/mol. The summed E-state index contributed by atoms with van der Waals surface area (Å²) in [4.78, 5) is 9.60. The fourth-order valence-corrected chi connectivity index (χ4v) is 2.67. The Morgan fingerprint density at radius 2 is 1.57 bits per heavy atom. The zero-order valence-corrected chi connectivity index (χ0v) is 15.2. The van der Waals surface area contributed by atoms with Gasteiger partial charge in [-0.1, -0.05) is 47.6 Å². The van der Waals surface area contributed by atoms with E-state index in [0.29, 0.717) is 5.75 Å². The minimum Gasteiger partial charge on any atom is -0.404 e. The number of phosphoric acid groups is 1. The van der Waals surface area contributed by atoms with Crippen molar-refractivity contribution in [1.82, 2.24) is 0 Å². The van der Waals surface area contributed by atoms with Gasteiger partial charge in [-0.15, -0.1) is 0 Å². The lowest BCUT2D eigenvalue weighted by molar-refractivity contribution is 0.242. The van der Waals surface area contributed by atoms with E-state index in [1.165, 1.54) is 0 Å². The lowest BCUT2D eigenvalue weighted by atomic mass is 9.78. The standard InChI is InChI=1S/C16H27O4P/c1-11-13(16(5,6)7)9-12(15(2,3)4)10-14(11)20-21(17,18)19-8/h9-10H,1-8H3,(H,17,18). The highest BCUT2D eigenvalue weighted by molar-refractivity contribution is 7.47. The molecule has 0 bridgehead atoms. The van der Waals surface area contributed by atoms with Crippen molar-refractivity contribution in [2.75, 3.05) is 7.11 Å². The predicted molar refractivity (Wildman–Crippen MR) is 86.0 cm³/mol. The second kappa shape index (κ2) is 5.75. The molecule has 0 saturated carbocycles. The van der Waals surface area contributed by atoms with Gasteiger partial charge in [0.1, 0.15) is 5.75 Å². The number of phosphoric ester groups is 1. The fraction of sp³-hybridized carbons (Fsp3) is 0.625. The molecule has 0 heterocycles. The zero-order chi connectivity index (χ0) is 16.6. The van der Waals surface area contributed by atoms with Crippen molar-refractivity contribution in [3.63, 3.8) is 0 Å². The summed E-state index contributed by atoms with van der Waals surface area (Å²) in [6.07, 6.45) is 0. The van der Waals surface area contributed by atoms with Gasteiger partial charge in [0, 0.05) is 7.11 Å². The second-order valence-electron chi connectivity index (χ2n) is 7.39. The molecular weight excluding hydrogens is 287 g/mol. The van der Waals surface area contributed by atoms with Gasteiger partial charge in [0.25, 0.3) is 0 Å². The van der Waals surface area contributed by atoms with Crippen molar-refractivity contribution < 1.29 is 18.5 Å². The third-order valence-electron chi connectivity index (χ3n) is 3.48. The van der Waals surface area contributed by atoms with Crippen LogP contribution in [0, 0.1) is 6.92 Å². The van der Waals surface area contributed by atoms with E-state index < -0.39 is 7.82 Å². The SMILES string of the molecule is COP(=O)(O)Oc1cc(C(C)(C)C)cc(C(C)(C)C)c1C. The molecule has 120 valence electrons. The van der Waals surface area contributed by atoms with Gasteiger partial charge in [0.15, 0.2) is 0 Å². The summed E-state index contributed by atoms with van der Waals surface area (Å²) in [7, 11) is -2.91. The Morgan fingerprint density at radius 1 is 1.05 bits per heavy atom. The summed E-state index contributed by atoms with van der Waals surface area (Å²) < 4.78 is 21.5. The summed E-state index contributed by atoms with van der Waals surface area (Å²) in [6.45, 7) is 14.5. The van der Waals surface area contributed by atoms with Crippen molar-refractivity contribution >= 4 is 7.82 Å². The normalized spacial score (nSPS) is 15.7. The molecule has 21 heavy (non-hydrogen) atoms. The van der Waals surface area contributed by atoms with Gasteiger partial charge in [-0.05, 0) is 40.5 Å². The predicted octanol–water partition coefficient (Wildman–Crippen LogP) is 4.72. The van der Waals surface area contributed by atoms with Crippen LogP contribution in [0.1, 0.15) is 58.2 Å². The molecule has 0 fully saturated rings. The van der Waals surface area contributed by atoms with E-state index in [9.17, 15) is 9.46 Å².